The first-order valence-corrected chi connectivity index (χ1v) is 8.57. The third-order valence-corrected chi connectivity index (χ3v) is 4.68. The quantitative estimate of drug-likeness (QED) is 0.597. The summed E-state index contributed by atoms with van der Waals surface area (Å²) >= 11 is 0.213. The molecule has 0 spiro atoms. The molecule has 2 rings (SSSR count). The van der Waals surface area contributed by atoms with Crippen LogP contribution in [0.15, 0.2) is 36.4 Å². The van der Waals surface area contributed by atoms with E-state index in [0.717, 1.165) is 12.2 Å². The van der Waals surface area contributed by atoms with Crippen molar-refractivity contribution in [2.24, 2.45) is 0 Å². The average molecular weight is 340 g/mol. The van der Waals surface area contributed by atoms with Crippen LogP contribution in [0, 0.1) is 0 Å². The Kier molecular flexibility index (Phi) is 4.54. The molecule has 1 aliphatic heterocycles. The smallest absolute Gasteiger partial charge is 0.126 e. The molecule has 0 aromatic heterocycles. The lowest BCUT2D eigenvalue weighted by atomic mass is 10.0. The predicted molar refractivity (Wildman–Crippen MR) is 84.4 cm³/mol. The van der Waals surface area contributed by atoms with E-state index in [2.05, 4.69) is 47.4 Å². The molecule has 0 saturated carbocycles. The fourth-order valence-corrected chi connectivity index (χ4v) is 3.36. The summed E-state index contributed by atoms with van der Waals surface area (Å²) in [5, 5.41) is 0. The van der Waals surface area contributed by atoms with Gasteiger partial charge in [-0.25, -0.2) is 0 Å². The van der Waals surface area contributed by atoms with Crippen molar-refractivity contribution in [3.63, 3.8) is 0 Å². The van der Waals surface area contributed by atoms with Crippen LogP contribution in [0.1, 0.15) is 18.1 Å². The molecule has 1 aliphatic rings. The van der Waals surface area contributed by atoms with Gasteiger partial charge in [-0.3, -0.25) is 0 Å². The molecule has 2 heteroatoms. The number of halogens is 1. The zero-order valence-electron chi connectivity index (χ0n) is 10.2. The summed E-state index contributed by atoms with van der Waals surface area (Å²) in [5.41, 5.74) is 3.88. The van der Waals surface area contributed by atoms with E-state index in [9.17, 15) is 0 Å². The number of ether oxygens (including phenoxy) is 1. The molecule has 1 heterocycles. The molecule has 0 N–H and O–H groups in total. The molecule has 1 aromatic carbocycles. The standard InChI is InChI=1S/C15H17IO/c1-3-12-6-7-15(17-2)14(11-12)13-5-4-9-16-10-8-13/h4-9,11H,3,10H2,1-2H3. The lowest BCUT2D eigenvalue weighted by molar-refractivity contribution is 0.413. The normalized spacial score (nSPS) is 14.8. The van der Waals surface area contributed by atoms with Crippen molar-refractivity contribution in [2.75, 3.05) is 11.5 Å². The Labute approximate surface area is 113 Å². The van der Waals surface area contributed by atoms with Crippen LogP contribution in [0.5, 0.6) is 5.75 Å². The zero-order chi connectivity index (χ0) is 12.1. The van der Waals surface area contributed by atoms with Gasteiger partial charge in [0, 0.05) is 9.99 Å². The van der Waals surface area contributed by atoms with Crippen LogP contribution in [0.3, 0.4) is 0 Å². The topological polar surface area (TPSA) is 9.23 Å². The number of hydrogen-bond donors (Lipinski definition) is 0. The van der Waals surface area contributed by atoms with Gasteiger partial charge in [-0.05, 0) is 33.7 Å². The Morgan fingerprint density at radius 3 is 3.00 bits per heavy atom. The van der Waals surface area contributed by atoms with Gasteiger partial charge in [0.25, 0.3) is 0 Å². The molecule has 0 radical (unpaired) electrons. The van der Waals surface area contributed by atoms with Crippen LogP contribution in [0.25, 0.3) is 5.57 Å². The Balaban J connectivity index is 2.45. The van der Waals surface area contributed by atoms with Crippen LogP contribution in [0.4, 0.5) is 0 Å². The maximum Gasteiger partial charge on any atom is 0.126 e. The van der Waals surface area contributed by atoms with Gasteiger partial charge in [-0.2, -0.15) is 0 Å². The summed E-state index contributed by atoms with van der Waals surface area (Å²) in [4.78, 5) is 0. The maximum absolute atomic E-state index is 5.46. The molecule has 0 saturated heterocycles. The number of hydrogen-bond acceptors (Lipinski definition) is 1. The highest BCUT2D eigenvalue weighted by Gasteiger charge is 2.07. The highest BCUT2D eigenvalue weighted by molar-refractivity contribution is 14.2. The molecule has 0 unspecified atom stereocenters. The third kappa shape index (κ3) is 3.06. The lowest BCUT2D eigenvalue weighted by Crippen LogP contribution is -1.93. The van der Waals surface area contributed by atoms with Crippen molar-refractivity contribution in [1.29, 1.82) is 0 Å². The van der Waals surface area contributed by atoms with E-state index in [1.807, 2.05) is 0 Å². The highest BCUT2D eigenvalue weighted by atomic mass is 127. The van der Waals surface area contributed by atoms with Crippen molar-refractivity contribution in [1.82, 2.24) is 0 Å². The second-order valence-electron chi connectivity index (χ2n) is 3.84. The molecule has 1 nitrogen and oxygen atoms in total. The molecular formula is C15H17IO. The van der Waals surface area contributed by atoms with Gasteiger partial charge in [0.15, 0.2) is 0 Å². The van der Waals surface area contributed by atoms with Crippen molar-refractivity contribution in [3.8, 4) is 5.75 Å². The summed E-state index contributed by atoms with van der Waals surface area (Å²) in [5.74, 6) is 0.971. The lowest BCUT2D eigenvalue weighted by Gasteiger charge is -2.11. The summed E-state index contributed by atoms with van der Waals surface area (Å²) < 4.78 is 8.99. The van der Waals surface area contributed by atoms with E-state index in [4.69, 9.17) is 4.74 Å². The first kappa shape index (κ1) is 12.6. The fourth-order valence-electron chi connectivity index (χ4n) is 1.84. The minimum Gasteiger partial charge on any atom is -0.496 e. The monoisotopic (exact) mass is 340 g/mol. The first-order valence-electron chi connectivity index (χ1n) is 5.80. The number of aryl methyl sites for hydroxylation is 1. The summed E-state index contributed by atoms with van der Waals surface area (Å²) in [7, 11) is 1.74. The van der Waals surface area contributed by atoms with E-state index in [-0.39, 0.29) is 20.7 Å². The molecule has 17 heavy (non-hydrogen) atoms. The predicted octanol–water partition coefficient (Wildman–Crippen LogP) is 3.98. The second kappa shape index (κ2) is 6.15. The van der Waals surface area contributed by atoms with Gasteiger partial charge in [0.2, 0.25) is 0 Å². The Morgan fingerprint density at radius 2 is 2.24 bits per heavy atom. The second-order valence-corrected chi connectivity index (χ2v) is 6.32. The number of allylic oxidation sites excluding steroid dienone is 4. The van der Waals surface area contributed by atoms with Crippen LogP contribution in [0.2, 0.25) is 0 Å². The van der Waals surface area contributed by atoms with Crippen molar-refractivity contribution >= 4 is 30.3 Å². The Hall–Kier alpha value is -0.900. The minimum atomic E-state index is 0.213. The molecular weight excluding hydrogens is 323 g/mol. The van der Waals surface area contributed by atoms with E-state index in [0.29, 0.717) is 0 Å². The van der Waals surface area contributed by atoms with Crippen LogP contribution in [-0.4, -0.2) is 15.5 Å². The summed E-state index contributed by atoms with van der Waals surface area (Å²) in [6, 6.07) is 6.47. The number of benzene rings is 1. The fraction of sp³-hybridized carbons (Fsp3) is 0.267. The molecule has 0 fully saturated rings. The van der Waals surface area contributed by atoms with Crippen molar-refractivity contribution < 1.29 is 4.74 Å². The molecule has 0 amide bonds. The van der Waals surface area contributed by atoms with Crippen LogP contribution >= 0.6 is 20.7 Å². The van der Waals surface area contributed by atoms with Gasteiger partial charge in [0.1, 0.15) is 5.75 Å². The molecule has 0 bridgehead atoms. The number of alkyl halides is 1. The Morgan fingerprint density at radius 1 is 1.35 bits per heavy atom. The van der Waals surface area contributed by atoms with Crippen molar-refractivity contribution in [3.05, 3.63) is 47.6 Å². The first-order chi connectivity index (χ1) is 8.35. The highest BCUT2D eigenvalue weighted by Crippen LogP contribution is 2.29. The maximum atomic E-state index is 5.46. The van der Waals surface area contributed by atoms with Gasteiger partial charge < -0.3 is 4.74 Å². The number of methoxy groups -OCH3 is 1. The third-order valence-electron chi connectivity index (χ3n) is 2.81. The largest absolute Gasteiger partial charge is 0.496 e. The number of rotatable bonds is 3. The summed E-state index contributed by atoms with van der Waals surface area (Å²) in [6.07, 6.45) is 7.78. The van der Waals surface area contributed by atoms with Crippen molar-refractivity contribution in [2.45, 2.75) is 13.3 Å². The van der Waals surface area contributed by atoms with E-state index in [1.54, 1.807) is 7.11 Å². The summed E-state index contributed by atoms with van der Waals surface area (Å²) in [6.45, 7) is 2.18. The van der Waals surface area contributed by atoms with Gasteiger partial charge in [0.05, 0.1) is 7.11 Å². The minimum absolute atomic E-state index is 0.213. The van der Waals surface area contributed by atoms with Gasteiger partial charge in [-0.1, -0.05) is 31.2 Å². The molecule has 0 atom stereocenters. The van der Waals surface area contributed by atoms with Gasteiger partial charge >= 0.3 is 0 Å². The van der Waals surface area contributed by atoms with E-state index >= 15 is 0 Å². The molecule has 90 valence electrons. The van der Waals surface area contributed by atoms with Gasteiger partial charge in [-0.15, -0.1) is 20.7 Å². The average Bonchev–Trinajstić information content (AvgIpc) is 2.66. The van der Waals surface area contributed by atoms with E-state index < -0.39 is 0 Å². The van der Waals surface area contributed by atoms with E-state index in [1.165, 1.54) is 21.1 Å². The molecule has 0 aliphatic carbocycles. The molecule has 1 aromatic rings. The van der Waals surface area contributed by atoms with Crippen LogP contribution < -0.4 is 4.74 Å². The Bertz CT molecular complexity index is 484. The van der Waals surface area contributed by atoms with Crippen LogP contribution in [-0.2, 0) is 6.42 Å². The zero-order valence-corrected chi connectivity index (χ0v) is 12.4. The SMILES string of the molecule is CCc1ccc(OC)c(C2=CCI=CC=C2)c1.